The zero-order valence-corrected chi connectivity index (χ0v) is 24.8. The molecule has 0 radical (unpaired) electrons. The summed E-state index contributed by atoms with van der Waals surface area (Å²) in [5.41, 5.74) is 1.80. The van der Waals surface area contributed by atoms with E-state index in [0.29, 0.717) is 36.0 Å². The number of aliphatic hydroxyl groups excluding tert-OH is 1. The van der Waals surface area contributed by atoms with Crippen LogP contribution in [0.3, 0.4) is 0 Å². The fraction of sp³-hybridized carbons (Fsp3) is 0.138. The van der Waals surface area contributed by atoms with Crippen LogP contribution in [-0.4, -0.2) is 37.7 Å². The molecule has 0 fully saturated rings. The molecule has 0 aliphatic carbocycles. The van der Waals surface area contributed by atoms with Gasteiger partial charge in [0.25, 0.3) is 0 Å². The number of rotatable bonds is 11. The van der Waals surface area contributed by atoms with Crippen LogP contribution in [0.15, 0.2) is 107 Å². The van der Waals surface area contributed by atoms with E-state index >= 15 is 0 Å². The van der Waals surface area contributed by atoms with E-state index in [1.807, 2.05) is 6.07 Å². The molecule has 0 unspecified atom stereocenters. The second-order valence-electron chi connectivity index (χ2n) is 8.58. The summed E-state index contributed by atoms with van der Waals surface area (Å²) in [6.45, 7) is 0.984. The SMILES string of the molecule is O=C(O)c1cccc(Oc2ccc(S(=O)(=O)c3ccc(CCNC[C@@H](O)c4cccc(Cl)c4)cc3)cc2)c1.[H-].[Na+]. The van der Waals surface area contributed by atoms with Gasteiger partial charge in [0.2, 0.25) is 9.84 Å². The maximum absolute atomic E-state index is 13.1. The van der Waals surface area contributed by atoms with E-state index in [-0.39, 0.29) is 46.3 Å². The van der Waals surface area contributed by atoms with Gasteiger partial charge in [-0.15, -0.1) is 0 Å². The molecule has 0 aromatic heterocycles. The number of nitrogens with one attached hydrogen (secondary N) is 1. The molecule has 4 rings (SSSR count). The van der Waals surface area contributed by atoms with Crippen LogP contribution in [-0.2, 0) is 16.3 Å². The molecule has 0 saturated carbocycles. The van der Waals surface area contributed by atoms with Crippen LogP contribution < -0.4 is 39.6 Å². The number of carbonyl (C=O) groups is 1. The Morgan fingerprint density at radius 2 is 1.54 bits per heavy atom. The van der Waals surface area contributed by atoms with E-state index < -0.39 is 21.9 Å². The zero-order chi connectivity index (χ0) is 27.1. The number of hydrogen-bond acceptors (Lipinski definition) is 6. The maximum atomic E-state index is 13.1. The summed E-state index contributed by atoms with van der Waals surface area (Å²) >= 11 is 5.97. The zero-order valence-electron chi connectivity index (χ0n) is 22.2. The summed E-state index contributed by atoms with van der Waals surface area (Å²) in [4.78, 5) is 11.4. The second kappa shape index (κ2) is 14.1. The topological polar surface area (TPSA) is 113 Å². The molecule has 0 saturated heterocycles. The summed E-state index contributed by atoms with van der Waals surface area (Å²) in [7, 11) is -3.73. The molecule has 0 bridgehead atoms. The average Bonchev–Trinajstić information content (AvgIpc) is 2.92. The number of benzene rings is 4. The molecule has 39 heavy (non-hydrogen) atoms. The second-order valence-corrected chi connectivity index (χ2v) is 11.0. The van der Waals surface area contributed by atoms with Gasteiger partial charge in [0.1, 0.15) is 11.5 Å². The molecule has 1 atom stereocenters. The van der Waals surface area contributed by atoms with Gasteiger partial charge < -0.3 is 21.7 Å². The Kier molecular flexibility index (Phi) is 11.1. The molecular formula is C29H27ClNNaO6S. The smallest absolute Gasteiger partial charge is 1.00 e. The standard InChI is InChI=1S/C29H26ClNO6S.Na.H/c30-23-5-1-3-21(17-23)28(32)19-31-16-15-20-7-11-26(12-8-20)38(35,36)27-13-9-24(10-14-27)37-25-6-2-4-22(18-25)29(33)34;;/h1-14,17-18,28,31-32H,15-16,19H2,(H,33,34);;/q;+1;-1/t28-;;/m1../s1. The minimum Gasteiger partial charge on any atom is -1.00 e. The number of carboxylic acid groups (broad SMARTS) is 1. The molecule has 0 aliphatic rings. The molecule has 0 amide bonds. The number of aliphatic hydroxyl groups is 1. The van der Waals surface area contributed by atoms with Gasteiger partial charge in [-0.3, -0.25) is 0 Å². The van der Waals surface area contributed by atoms with Gasteiger partial charge in [0.05, 0.1) is 21.5 Å². The van der Waals surface area contributed by atoms with E-state index in [9.17, 15) is 18.3 Å². The summed E-state index contributed by atoms with van der Waals surface area (Å²) in [6.07, 6.45) is -0.00883. The number of ether oxygens (including phenoxy) is 1. The third-order valence-electron chi connectivity index (χ3n) is 5.85. The quantitative estimate of drug-likeness (QED) is 0.186. The van der Waals surface area contributed by atoms with E-state index in [1.54, 1.807) is 54.6 Å². The van der Waals surface area contributed by atoms with Crippen LogP contribution in [0.4, 0.5) is 0 Å². The Morgan fingerprint density at radius 1 is 0.897 bits per heavy atom. The van der Waals surface area contributed by atoms with Crippen LogP contribution in [0.5, 0.6) is 11.5 Å². The van der Waals surface area contributed by atoms with Crippen LogP contribution in [0, 0.1) is 0 Å². The van der Waals surface area contributed by atoms with Crippen molar-refractivity contribution in [3.8, 4) is 11.5 Å². The third-order valence-corrected chi connectivity index (χ3v) is 7.87. The summed E-state index contributed by atoms with van der Waals surface area (Å²) in [5.74, 6) is -0.342. The van der Waals surface area contributed by atoms with Gasteiger partial charge >= 0.3 is 35.5 Å². The van der Waals surface area contributed by atoms with Crippen molar-refractivity contribution in [1.29, 1.82) is 0 Å². The number of hydrogen-bond donors (Lipinski definition) is 3. The van der Waals surface area contributed by atoms with E-state index in [4.69, 9.17) is 21.4 Å². The maximum Gasteiger partial charge on any atom is 1.00 e. The number of carboxylic acids is 1. The van der Waals surface area contributed by atoms with E-state index in [2.05, 4.69) is 5.32 Å². The van der Waals surface area contributed by atoms with Crippen molar-refractivity contribution in [3.63, 3.8) is 0 Å². The van der Waals surface area contributed by atoms with Crippen molar-refractivity contribution >= 4 is 27.4 Å². The number of aromatic carboxylic acids is 1. The fourth-order valence-electron chi connectivity index (χ4n) is 3.79. The first-order valence-electron chi connectivity index (χ1n) is 11.8. The van der Waals surface area contributed by atoms with Crippen LogP contribution in [0.25, 0.3) is 0 Å². The largest absolute Gasteiger partial charge is 1.00 e. The van der Waals surface area contributed by atoms with Crippen molar-refractivity contribution in [1.82, 2.24) is 5.32 Å². The monoisotopic (exact) mass is 575 g/mol. The van der Waals surface area contributed by atoms with Gasteiger partial charge in [-0.25, -0.2) is 13.2 Å². The van der Waals surface area contributed by atoms with Crippen molar-refractivity contribution < 1.29 is 59.1 Å². The molecule has 0 heterocycles. The first-order valence-corrected chi connectivity index (χ1v) is 13.7. The Balaban J connectivity index is 0.00000280. The minimum absolute atomic E-state index is 0. The molecule has 3 N–H and O–H groups in total. The van der Waals surface area contributed by atoms with Gasteiger partial charge in [-0.2, -0.15) is 0 Å². The van der Waals surface area contributed by atoms with Crippen LogP contribution in [0.2, 0.25) is 5.02 Å². The van der Waals surface area contributed by atoms with E-state index in [1.165, 1.54) is 36.4 Å². The summed E-state index contributed by atoms with van der Waals surface area (Å²) < 4.78 is 31.8. The Labute approximate surface area is 256 Å². The van der Waals surface area contributed by atoms with Crippen molar-refractivity contribution in [2.24, 2.45) is 0 Å². The van der Waals surface area contributed by atoms with Gasteiger partial charge in [-0.1, -0.05) is 41.9 Å². The normalized spacial score (nSPS) is 11.8. The summed E-state index contributed by atoms with van der Waals surface area (Å²) in [5, 5.41) is 23.2. The molecular weight excluding hydrogens is 549 g/mol. The molecule has 4 aromatic carbocycles. The fourth-order valence-corrected chi connectivity index (χ4v) is 5.25. The van der Waals surface area contributed by atoms with Gasteiger partial charge in [0.15, 0.2) is 0 Å². The van der Waals surface area contributed by atoms with Crippen LogP contribution in [0.1, 0.15) is 29.0 Å². The molecule has 4 aromatic rings. The first kappa shape index (κ1) is 30.8. The van der Waals surface area contributed by atoms with E-state index in [0.717, 1.165) is 11.1 Å². The number of halogens is 1. The van der Waals surface area contributed by atoms with Gasteiger partial charge in [0, 0.05) is 11.6 Å². The molecule has 7 nitrogen and oxygen atoms in total. The average molecular weight is 576 g/mol. The Bertz CT molecular complexity index is 1520. The van der Waals surface area contributed by atoms with Gasteiger partial charge in [-0.05, 0) is 90.8 Å². The Hall–Kier alpha value is -2.69. The molecule has 10 heteroatoms. The molecule has 0 spiro atoms. The Morgan fingerprint density at radius 3 is 2.18 bits per heavy atom. The minimum atomic E-state index is -3.73. The molecule has 0 aliphatic heterocycles. The predicted molar refractivity (Wildman–Crippen MR) is 146 cm³/mol. The third kappa shape index (κ3) is 8.40. The van der Waals surface area contributed by atoms with Crippen LogP contribution >= 0.6 is 11.6 Å². The van der Waals surface area contributed by atoms with Crippen molar-refractivity contribution in [2.75, 3.05) is 13.1 Å². The first-order chi connectivity index (χ1) is 18.2. The number of sulfone groups is 1. The predicted octanol–water partition coefficient (Wildman–Crippen LogP) is 2.65. The van der Waals surface area contributed by atoms with Crippen molar-refractivity contribution in [3.05, 3.63) is 119 Å². The van der Waals surface area contributed by atoms with Crippen molar-refractivity contribution in [2.45, 2.75) is 22.3 Å². The summed E-state index contributed by atoms with van der Waals surface area (Å²) in [6, 6.07) is 25.8. The molecule has 198 valence electrons.